The molecule has 5 nitrogen and oxygen atoms in total. The van der Waals surface area contributed by atoms with Gasteiger partial charge in [-0.05, 0) is 18.2 Å². The van der Waals surface area contributed by atoms with Crippen LogP contribution in [-0.4, -0.2) is 21.6 Å². The maximum atomic E-state index is 11.2. The lowest BCUT2D eigenvalue weighted by atomic mass is 10.3. The van der Waals surface area contributed by atoms with Crippen LogP contribution < -0.4 is 0 Å². The summed E-state index contributed by atoms with van der Waals surface area (Å²) in [5.74, 6) is 0. The Morgan fingerprint density at radius 2 is 2.14 bits per heavy atom. The molecule has 0 atom stereocenters. The molecule has 0 bridgehead atoms. The van der Waals surface area contributed by atoms with Gasteiger partial charge in [0, 0.05) is 0 Å². The van der Waals surface area contributed by atoms with E-state index in [0.29, 0.717) is 0 Å². The lowest BCUT2D eigenvalue weighted by molar-refractivity contribution is 0.398. The number of nitrogens with zero attached hydrogens (tertiary/aromatic N) is 1. The van der Waals surface area contributed by atoms with E-state index in [2.05, 4.69) is 9.18 Å². The molecule has 0 N–H and O–H groups in total. The van der Waals surface area contributed by atoms with Crippen molar-refractivity contribution in [1.82, 2.24) is 0 Å². The maximum Gasteiger partial charge on any atom is 0.296 e. The van der Waals surface area contributed by atoms with Gasteiger partial charge in [-0.2, -0.15) is 13.4 Å². The molecule has 0 amide bonds. The molecule has 74 valence electrons. The first-order valence-corrected chi connectivity index (χ1v) is 4.99. The summed E-state index contributed by atoms with van der Waals surface area (Å²) in [5.41, 5.74) is 0.220. The van der Waals surface area contributed by atoms with Crippen LogP contribution in [0, 0.1) is 0 Å². The molecule has 0 fully saturated rings. The van der Waals surface area contributed by atoms with E-state index in [1.54, 1.807) is 0 Å². The van der Waals surface area contributed by atoms with Crippen LogP contribution in [0.15, 0.2) is 34.2 Å². The summed E-state index contributed by atoms with van der Waals surface area (Å²) < 4.78 is 26.7. The number of aliphatic imine (C=N–C) groups is 1. The number of hydrogen-bond donors (Lipinski definition) is 0. The van der Waals surface area contributed by atoms with E-state index < -0.39 is 10.1 Å². The molecule has 0 aliphatic carbocycles. The SMILES string of the molecule is COS(=O)(=O)c1cccc(N=C=O)c1. The van der Waals surface area contributed by atoms with E-state index in [1.807, 2.05) is 0 Å². The summed E-state index contributed by atoms with van der Waals surface area (Å²) in [4.78, 5) is 13.2. The van der Waals surface area contributed by atoms with Gasteiger partial charge < -0.3 is 0 Å². The molecule has 0 aromatic heterocycles. The van der Waals surface area contributed by atoms with Crippen molar-refractivity contribution >= 4 is 21.9 Å². The van der Waals surface area contributed by atoms with E-state index in [1.165, 1.54) is 30.3 Å². The predicted molar refractivity (Wildman–Crippen MR) is 48.4 cm³/mol. The number of isocyanates is 1. The highest BCUT2D eigenvalue weighted by Crippen LogP contribution is 2.18. The van der Waals surface area contributed by atoms with Crippen molar-refractivity contribution in [3.63, 3.8) is 0 Å². The molecule has 1 rings (SSSR count). The molecular formula is C8H7NO4S. The molecule has 1 aromatic carbocycles. The van der Waals surface area contributed by atoms with Gasteiger partial charge in [-0.3, -0.25) is 4.18 Å². The highest BCUT2D eigenvalue weighted by Gasteiger charge is 2.12. The zero-order valence-corrected chi connectivity index (χ0v) is 8.11. The number of rotatable bonds is 3. The number of benzene rings is 1. The third-order valence-electron chi connectivity index (χ3n) is 1.50. The topological polar surface area (TPSA) is 72.8 Å². The normalized spacial score (nSPS) is 10.6. The molecule has 0 aliphatic heterocycles. The van der Waals surface area contributed by atoms with Crippen LogP contribution in [0.4, 0.5) is 5.69 Å². The minimum atomic E-state index is -3.73. The van der Waals surface area contributed by atoms with Gasteiger partial charge in [0.05, 0.1) is 17.7 Å². The van der Waals surface area contributed by atoms with Gasteiger partial charge in [-0.1, -0.05) is 6.07 Å². The maximum absolute atomic E-state index is 11.2. The molecular weight excluding hydrogens is 206 g/mol. The highest BCUT2D eigenvalue weighted by molar-refractivity contribution is 7.86. The van der Waals surface area contributed by atoms with E-state index >= 15 is 0 Å². The molecule has 0 radical (unpaired) electrons. The summed E-state index contributed by atoms with van der Waals surface area (Å²) in [6.07, 6.45) is 1.32. The van der Waals surface area contributed by atoms with E-state index in [0.717, 1.165) is 7.11 Å². The smallest absolute Gasteiger partial charge is 0.270 e. The van der Waals surface area contributed by atoms with Crippen molar-refractivity contribution in [3.8, 4) is 0 Å². The fourth-order valence-electron chi connectivity index (χ4n) is 0.857. The Kier molecular flexibility index (Phi) is 3.14. The van der Waals surface area contributed by atoms with Crippen LogP contribution in [0.2, 0.25) is 0 Å². The number of carbonyl (C=O) groups excluding carboxylic acids is 1. The Morgan fingerprint density at radius 1 is 1.43 bits per heavy atom. The van der Waals surface area contributed by atoms with Gasteiger partial charge in [0.25, 0.3) is 10.1 Å². The Morgan fingerprint density at radius 3 is 2.71 bits per heavy atom. The molecule has 0 saturated heterocycles. The molecule has 0 spiro atoms. The van der Waals surface area contributed by atoms with E-state index in [-0.39, 0.29) is 10.6 Å². The minimum Gasteiger partial charge on any atom is -0.270 e. The van der Waals surface area contributed by atoms with Crippen LogP contribution in [0.5, 0.6) is 0 Å². The summed E-state index contributed by atoms with van der Waals surface area (Å²) in [7, 11) is -2.67. The zero-order valence-electron chi connectivity index (χ0n) is 7.30. The average molecular weight is 213 g/mol. The van der Waals surface area contributed by atoms with Crippen LogP contribution >= 0.6 is 0 Å². The summed E-state index contributed by atoms with van der Waals surface area (Å²) in [5, 5.41) is 0. The lowest BCUT2D eigenvalue weighted by Gasteiger charge is -2.00. The molecule has 1 aromatic rings. The third-order valence-corrected chi connectivity index (χ3v) is 2.77. The minimum absolute atomic E-state index is 0.0449. The van der Waals surface area contributed by atoms with Gasteiger partial charge in [-0.15, -0.1) is 0 Å². The summed E-state index contributed by atoms with van der Waals surface area (Å²) >= 11 is 0. The third kappa shape index (κ3) is 2.26. The first kappa shape index (κ1) is 10.6. The Balaban J connectivity index is 3.25. The molecule has 0 heterocycles. The molecule has 0 unspecified atom stereocenters. The molecule has 0 saturated carbocycles. The lowest BCUT2D eigenvalue weighted by Crippen LogP contribution is -2.01. The van der Waals surface area contributed by atoms with Crippen LogP contribution in [0.1, 0.15) is 0 Å². The quantitative estimate of drug-likeness (QED) is 0.426. The van der Waals surface area contributed by atoms with Gasteiger partial charge >= 0.3 is 0 Å². The van der Waals surface area contributed by atoms with E-state index in [4.69, 9.17) is 0 Å². The Bertz CT molecular complexity index is 474. The van der Waals surface area contributed by atoms with Crippen LogP contribution in [0.3, 0.4) is 0 Å². The number of hydrogen-bond acceptors (Lipinski definition) is 5. The van der Waals surface area contributed by atoms with Crippen molar-refractivity contribution in [2.45, 2.75) is 4.90 Å². The monoisotopic (exact) mass is 213 g/mol. The van der Waals surface area contributed by atoms with Crippen LogP contribution in [-0.2, 0) is 19.1 Å². The molecule has 6 heteroatoms. The Labute approximate surface area is 81.2 Å². The van der Waals surface area contributed by atoms with Crippen molar-refractivity contribution < 1.29 is 17.4 Å². The standard InChI is InChI=1S/C8H7NO4S/c1-13-14(11,12)8-4-2-3-7(5-8)9-6-10/h2-5H,1H3. The van der Waals surface area contributed by atoms with E-state index in [9.17, 15) is 13.2 Å². The largest absolute Gasteiger partial charge is 0.296 e. The van der Waals surface area contributed by atoms with Gasteiger partial charge in [0.15, 0.2) is 0 Å². The highest BCUT2D eigenvalue weighted by atomic mass is 32.2. The fourth-order valence-corrected chi connectivity index (χ4v) is 1.56. The first-order chi connectivity index (χ1) is 6.60. The Hall–Kier alpha value is -1.49. The summed E-state index contributed by atoms with van der Waals surface area (Å²) in [6, 6.07) is 5.52. The molecule has 14 heavy (non-hydrogen) atoms. The summed E-state index contributed by atoms with van der Waals surface area (Å²) in [6.45, 7) is 0. The second kappa shape index (κ2) is 4.15. The average Bonchev–Trinajstić information content (AvgIpc) is 2.19. The van der Waals surface area contributed by atoms with Gasteiger partial charge in [-0.25, -0.2) is 4.79 Å². The van der Waals surface area contributed by atoms with Gasteiger partial charge in [0.2, 0.25) is 6.08 Å². The van der Waals surface area contributed by atoms with Crippen molar-refractivity contribution in [2.75, 3.05) is 7.11 Å². The first-order valence-electron chi connectivity index (χ1n) is 3.59. The van der Waals surface area contributed by atoms with Gasteiger partial charge in [0.1, 0.15) is 0 Å². The second-order valence-corrected chi connectivity index (χ2v) is 4.03. The fraction of sp³-hybridized carbons (Fsp3) is 0.125. The van der Waals surface area contributed by atoms with Crippen molar-refractivity contribution in [1.29, 1.82) is 0 Å². The second-order valence-electron chi connectivity index (χ2n) is 2.32. The van der Waals surface area contributed by atoms with Crippen molar-refractivity contribution in [3.05, 3.63) is 24.3 Å². The van der Waals surface area contributed by atoms with Crippen molar-refractivity contribution in [2.24, 2.45) is 4.99 Å². The predicted octanol–water partition coefficient (Wildman–Crippen LogP) is 0.989. The molecule has 0 aliphatic rings. The van der Waals surface area contributed by atoms with Crippen LogP contribution in [0.25, 0.3) is 0 Å². The zero-order chi connectivity index (χ0) is 10.6.